The second-order valence-corrected chi connectivity index (χ2v) is 7.50. The molecule has 3 heteroatoms. The van der Waals surface area contributed by atoms with Crippen molar-refractivity contribution in [2.24, 2.45) is 4.99 Å². The van der Waals surface area contributed by atoms with Crippen LogP contribution in [0.1, 0.15) is 20.3 Å². The van der Waals surface area contributed by atoms with Gasteiger partial charge in [-0.1, -0.05) is 18.2 Å². The summed E-state index contributed by atoms with van der Waals surface area (Å²) in [7, 11) is 0. The molecule has 1 nitrogen and oxygen atoms in total. The van der Waals surface area contributed by atoms with Gasteiger partial charge in [-0.3, -0.25) is 4.99 Å². The predicted octanol–water partition coefficient (Wildman–Crippen LogP) is 4.88. The monoisotopic (exact) mass is 263 g/mol. The van der Waals surface area contributed by atoms with Crippen LogP contribution in [-0.2, 0) is 0 Å². The van der Waals surface area contributed by atoms with Crippen LogP contribution in [0, 0.1) is 0 Å². The van der Waals surface area contributed by atoms with Gasteiger partial charge in [0.15, 0.2) is 0 Å². The molecule has 0 unspecified atom stereocenters. The summed E-state index contributed by atoms with van der Waals surface area (Å²) in [6.07, 6.45) is 5.37. The van der Waals surface area contributed by atoms with Crippen molar-refractivity contribution in [1.82, 2.24) is 0 Å². The molecule has 1 aromatic carbocycles. The predicted molar refractivity (Wildman–Crippen MR) is 81.4 cm³/mol. The van der Waals surface area contributed by atoms with E-state index in [0.29, 0.717) is 0 Å². The van der Waals surface area contributed by atoms with Crippen LogP contribution in [0.2, 0.25) is 0 Å². The Labute approximate surface area is 112 Å². The second-order valence-electron chi connectivity index (χ2n) is 4.64. The molecule has 0 atom stereocenters. The van der Waals surface area contributed by atoms with E-state index in [-0.39, 0.29) is 4.75 Å². The van der Waals surface area contributed by atoms with Gasteiger partial charge in [-0.2, -0.15) is 0 Å². The average molecular weight is 263 g/mol. The van der Waals surface area contributed by atoms with Gasteiger partial charge < -0.3 is 0 Å². The van der Waals surface area contributed by atoms with Crippen LogP contribution in [0.3, 0.4) is 0 Å². The maximum absolute atomic E-state index is 4.73. The van der Waals surface area contributed by atoms with Gasteiger partial charge >= 0.3 is 0 Å². The summed E-state index contributed by atoms with van der Waals surface area (Å²) >= 11 is 3.75. The van der Waals surface area contributed by atoms with E-state index in [1.54, 1.807) is 11.8 Å². The topological polar surface area (TPSA) is 12.4 Å². The summed E-state index contributed by atoms with van der Waals surface area (Å²) in [5.41, 5.74) is 2.23. The first-order valence-corrected chi connectivity index (χ1v) is 7.70. The third kappa shape index (κ3) is 3.65. The number of hydrogen-bond acceptors (Lipinski definition) is 3. The standard InChI is InChI=1S/C14H17NS2/c1-14(2)10-12(9-13(16-3)17-14)15-11-7-5-4-6-8-11/h4-9H,10H2,1-3H3. The molecular formula is C14H17NS2. The highest BCUT2D eigenvalue weighted by Gasteiger charge is 2.26. The van der Waals surface area contributed by atoms with Crippen molar-refractivity contribution < 1.29 is 0 Å². The molecular weight excluding hydrogens is 246 g/mol. The van der Waals surface area contributed by atoms with Crippen LogP contribution in [0.4, 0.5) is 5.69 Å². The lowest BCUT2D eigenvalue weighted by molar-refractivity contribution is 0.749. The van der Waals surface area contributed by atoms with Crippen molar-refractivity contribution in [3.63, 3.8) is 0 Å². The average Bonchev–Trinajstić information content (AvgIpc) is 2.28. The van der Waals surface area contributed by atoms with Gasteiger partial charge in [-0.25, -0.2) is 0 Å². The Morgan fingerprint density at radius 1 is 1.24 bits per heavy atom. The number of benzene rings is 1. The molecule has 0 bridgehead atoms. The maximum Gasteiger partial charge on any atom is 0.0632 e. The Morgan fingerprint density at radius 2 is 1.94 bits per heavy atom. The van der Waals surface area contributed by atoms with Crippen LogP contribution in [0.25, 0.3) is 0 Å². The van der Waals surface area contributed by atoms with Crippen molar-refractivity contribution in [3.05, 3.63) is 40.6 Å². The summed E-state index contributed by atoms with van der Waals surface area (Å²) in [5.74, 6) is 0. The van der Waals surface area contributed by atoms with Crippen LogP contribution >= 0.6 is 23.5 Å². The number of hydrogen-bond donors (Lipinski definition) is 0. The fraction of sp³-hybridized carbons (Fsp3) is 0.357. The molecule has 17 heavy (non-hydrogen) atoms. The van der Waals surface area contributed by atoms with Crippen molar-refractivity contribution >= 4 is 34.9 Å². The van der Waals surface area contributed by atoms with E-state index >= 15 is 0 Å². The molecule has 90 valence electrons. The first kappa shape index (κ1) is 12.8. The third-order valence-corrected chi connectivity index (χ3v) is 4.78. The molecule has 1 aliphatic heterocycles. The molecule has 0 fully saturated rings. The molecule has 1 aromatic rings. The molecule has 0 saturated heterocycles. The third-order valence-electron chi connectivity index (χ3n) is 2.50. The van der Waals surface area contributed by atoms with E-state index in [1.807, 2.05) is 42.1 Å². The van der Waals surface area contributed by atoms with Gasteiger partial charge in [0, 0.05) is 21.1 Å². The van der Waals surface area contributed by atoms with Crippen molar-refractivity contribution in [2.45, 2.75) is 25.0 Å². The number of para-hydroxylation sites is 1. The van der Waals surface area contributed by atoms with Gasteiger partial charge in [0.05, 0.1) is 5.69 Å². The molecule has 0 spiro atoms. The van der Waals surface area contributed by atoms with Crippen LogP contribution in [0.5, 0.6) is 0 Å². The van der Waals surface area contributed by atoms with Crippen LogP contribution in [0.15, 0.2) is 45.6 Å². The highest BCUT2D eigenvalue weighted by molar-refractivity contribution is 8.22. The van der Waals surface area contributed by atoms with Crippen LogP contribution < -0.4 is 0 Å². The molecule has 0 radical (unpaired) electrons. The molecule has 0 amide bonds. The fourth-order valence-corrected chi connectivity index (χ4v) is 4.03. The summed E-state index contributed by atoms with van der Waals surface area (Å²) in [5, 5.41) is 0. The number of nitrogens with zero attached hydrogens (tertiary/aromatic N) is 1. The minimum Gasteiger partial charge on any atom is -0.253 e. The van der Waals surface area contributed by atoms with E-state index < -0.39 is 0 Å². The summed E-state index contributed by atoms with van der Waals surface area (Å²) in [4.78, 5) is 4.73. The van der Waals surface area contributed by atoms with E-state index in [1.165, 1.54) is 9.95 Å². The van der Waals surface area contributed by atoms with E-state index in [0.717, 1.165) is 12.1 Å². The number of thioether (sulfide) groups is 2. The second kappa shape index (κ2) is 5.32. The molecule has 1 aliphatic rings. The van der Waals surface area contributed by atoms with Crippen molar-refractivity contribution in [2.75, 3.05) is 6.26 Å². The summed E-state index contributed by atoms with van der Waals surface area (Å²) in [6.45, 7) is 4.56. The number of aliphatic imine (C=N–C) groups is 1. The quantitative estimate of drug-likeness (QED) is 0.754. The van der Waals surface area contributed by atoms with Crippen LogP contribution in [-0.4, -0.2) is 16.7 Å². The maximum atomic E-state index is 4.73. The highest BCUT2D eigenvalue weighted by atomic mass is 32.2. The Bertz CT molecular complexity index is 447. The Morgan fingerprint density at radius 3 is 2.59 bits per heavy atom. The summed E-state index contributed by atoms with van der Waals surface area (Å²) < 4.78 is 1.61. The van der Waals surface area contributed by atoms with Gasteiger partial charge in [-0.05, 0) is 38.3 Å². The Hall–Kier alpha value is -0.670. The zero-order valence-electron chi connectivity index (χ0n) is 10.4. The SMILES string of the molecule is CSC1=CC(=Nc2ccccc2)CC(C)(C)S1. The number of rotatable bonds is 2. The van der Waals surface area contributed by atoms with Crippen molar-refractivity contribution in [1.29, 1.82) is 0 Å². The summed E-state index contributed by atoms with van der Waals surface area (Å²) in [6, 6.07) is 10.2. The smallest absolute Gasteiger partial charge is 0.0632 e. The molecule has 0 aromatic heterocycles. The van der Waals surface area contributed by atoms with Gasteiger partial charge in [-0.15, -0.1) is 23.5 Å². The lowest BCUT2D eigenvalue weighted by Crippen LogP contribution is -2.22. The first-order valence-electron chi connectivity index (χ1n) is 5.66. The lowest BCUT2D eigenvalue weighted by Gasteiger charge is -2.29. The molecule has 0 saturated carbocycles. The molecule has 1 heterocycles. The van der Waals surface area contributed by atoms with E-state index in [4.69, 9.17) is 4.99 Å². The fourth-order valence-electron chi connectivity index (χ4n) is 1.80. The first-order chi connectivity index (χ1) is 8.09. The normalized spacial score (nSPS) is 21.4. The minimum atomic E-state index is 0.251. The van der Waals surface area contributed by atoms with Gasteiger partial charge in [0.2, 0.25) is 0 Å². The molecule has 0 N–H and O–H groups in total. The highest BCUT2D eigenvalue weighted by Crippen LogP contribution is 2.43. The number of allylic oxidation sites excluding steroid dienone is 1. The van der Waals surface area contributed by atoms with Gasteiger partial charge in [0.25, 0.3) is 0 Å². The Kier molecular flexibility index (Phi) is 4.00. The van der Waals surface area contributed by atoms with E-state index in [9.17, 15) is 0 Å². The molecule has 0 aliphatic carbocycles. The minimum absolute atomic E-state index is 0.251. The zero-order chi connectivity index (χ0) is 12.3. The largest absolute Gasteiger partial charge is 0.253 e. The lowest BCUT2D eigenvalue weighted by atomic mass is 10.0. The van der Waals surface area contributed by atoms with Crippen molar-refractivity contribution in [3.8, 4) is 0 Å². The molecule has 2 rings (SSSR count). The van der Waals surface area contributed by atoms with E-state index in [2.05, 4.69) is 26.2 Å². The Balaban J connectivity index is 2.29. The zero-order valence-corrected chi connectivity index (χ0v) is 12.1. The van der Waals surface area contributed by atoms with Gasteiger partial charge in [0.1, 0.15) is 0 Å².